The first-order valence-electron chi connectivity index (χ1n) is 6.97. The summed E-state index contributed by atoms with van der Waals surface area (Å²) in [6, 6.07) is 3.82. The van der Waals surface area contributed by atoms with Crippen molar-refractivity contribution in [3.8, 4) is 0 Å². The smallest absolute Gasteiger partial charge is 0.251 e. The van der Waals surface area contributed by atoms with Crippen molar-refractivity contribution in [2.75, 3.05) is 31.1 Å². The lowest BCUT2D eigenvalue weighted by molar-refractivity contribution is -0.124. The van der Waals surface area contributed by atoms with Gasteiger partial charge in [-0.2, -0.15) is 0 Å². The highest BCUT2D eigenvalue weighted by molar-refractivity contribution is 5.96. The molecule has 5 nitrogen and oxygen atoms in total. The number of carbonyl (C=O) groups excluding carboxylic acids is 1. The molecule has 1 N–H and O–H groups in total. The highest BCUT2D eigenvalue weighted by atomic mass is 16.1. The Kier molecular flexibility index (Phi) is 4.49. The van der Waals surface area contributed by atoms with Crippen LogP contribution >= 0.6 is 0 Å². The van der Waals surface area contributed by atoms with E-state index in [0.717, 1.165) is 37.6 Å². The van der Waals surface area contributed by atoms with Gasteiger partial charge in [-0.1, -0.05) is 20.8 Å². The molecule has 1 aliphatic heterocycles. The summed E-state index contributed by atoms with van der Waals surface area (Å²) in [6.45, 7) is 9.35. The van der Waals surface area contributed by atoms with E-state index in [1.807, 2.05) is 32.9 Å². The van der Waals surface area contributed by atoms with Crippen LogP contribution in [-0.2, 0) is 4.79 Å². The van der Waals surface area contributed by atoms with E-state index in [-0.39, 0.29) is 5.91 Å². The van der Waals surface area contributed by atoms with Crippen LogP contribution in [0.25, 0.3) is 0 Å². The Morgan fingerprint density at radius 1 is 1.40 bits per heavy atom. The van der Waals surface area contributed by atoms with Crippen molar-refractivity contribution in [3.63, 3.8) is 0 Å². The van der Waals surface area contributed by atoms with Gasteiger partial charge >= 0.3 is 0 Å². The molecule has 1 fully saturated rings. The molecule has 20 heavy (non-hydrogen) atoms. The van der Waals surface area contributed by atoms with Crippen molar-refractivity contribution in [1.29, 1.82) is 0 Å². The van der Waals surface area contributed by atoms with Crippen molar-refractivity contribution in [3.05, 3.63) is 23.9 Å². The van der Waals surface area contributed by atoms with Crippen LogP contribution in [0.4, 0.5) is 5.82 Å². The van der Waals surface area contributed by atoms with Crippen LogP contribution in [0.2, 0.25) is 0 Å². The first kappa shape index (κ1) is 14.7. The molecule has 0 saturated carbocycles. The summed E-state index contributed by atoms with van der Waals surface area (Å²) in [7, 11) is 0. The standard InChI is InChI=1S/C15H22N4O/c1-15(2,3)14(20)18-11-12-5-4-6-17-13(12)19-9-7-16-8-10-19/h4-6,11,16H,7-10H2,1-3H3. The number of hydrogen-bond donors (Lipinski definition) is 1. The first-order valence-corrected chi connectivity index (χ1v) is 6.97. The van der Waals surface area contributed by atoms with E-state index in [2.05, 4.69) is 20.2 Å². The summed E-state index contributed by atoms with van der Waals surface area (Å²) >= 11 is 0. The van der Waals surface area contributed by atoms with Gasteiger partial charge in [0.05, 0.1) is 0 Å². The van der Waals surface area contributed by atoms with E-state index in [0.29, 0.717) is 0 Å². The van der Waals surface area contributed by atoms with Gasteiger partial charge in [0, 0.05) is 49.6 Å². The van der Waals surface area contributed by atoms with E-state index < -0.39 is 5.41 Å². The fraction of sp³-hybridized carbons (Fsp3) is 0.533. The Morgan fingerprint density at radius 2 is 2.10 bits per heavy atom. The molecule has 2 heterocycles. The Morgan fingerprint density at radius 3 is 2.75 bits per heavy atom. The molecular formula is C15H22N4O. The number of piperazine rings is 1. The average molecular weight is 274 g/mol. The predicted octanol–water partition coefficient (Wildman–Crippen LogP) is 1.48. The topological polar surface area (TPSA) is 57.6 Å². The van der Waals surface area contributed by atoms with Crippen LogP contribution in [0.5, 0.6) is 0 Å². The minimum absolute atomic E-state index is 0.118. The number of nitrogens with one attached hydrogen (secondary N) is 1. The van der Waals surface area contributed by atoms with E-state index in [1.165, 1.54) is 0 Å². The number of carbonyl (C=O) groups is 1. The second-order valence-electron chi connectivity index (χ2n) is 5.97. The summed E-state index contributed by atoms with van der Waals surface area (Å²) < 4.78 is 0. The van der Waals surface area contributed by atoms with E-state index in [9.17, 15) is 4.79 Å². The van der Waals surface area contributed by atoms with Crippen LogP contribution in [0.1, 0.15) is 26.3 Å². The van der Waals surface area contributed by atoms with Crippen LogP contribution in [0.15, 0.2) is 23.3 Å². The molecular weight excluding hydrogens is 252 g/mol. The minimum Gasteiger partial charge on any atom is -0.354 e. The molecule has 2 rings (SSSR count). The van der Waals surface area contributed by atoms with Gasteiger partial charge in [-0.05, 0) is 12.1 Å². The molecule has 0 unspecified atom stereocenters. The maximum absolute atomic E-state index is 11.9. The molecule has 5 heteroatoms. The molecule has 1 saturated heterocycles. The monoisotopic (exact) mass is 274 g/mol. The summed E-state index contributed by atoms with van der Waals surface area (Å²) in [5.74, 6) is 0.784. The molecule has 0 aromatic carbocycles. The molecule has 1 amide bonds. The second kappa shape index (κ2) is 6.13. The quantitative estimate of drug-likeness (QED) is 0.830. The lowest BCUT2D eigenvalue weighted by atomic mass is 9.96. The molecule has 0 aliphatic carbocycles. The van der Waals surface area contributed by atoms with Crippen LogP contribution in [-0.4, -0.2) is 43.3 Å². The number of aliphatic imine (C=N–C) groups is 1. The largest absolute Gasteiger partial charge is 0.354 e. The molecule has 1 aliphatic rings. The Labute approximate surface area is 120 Å². The van der Waals surface area contributed by atoms with Crippen LogP contribution in [0, 0.1) is 5.41 Å². The van der Waals surface area contributed by atoms with Crippen LogP contribution in [0.3, 0.4) is 0 Å². The number of aromatic nitrogens is 1. The highest BCUT2D eigenvalue weighted by Gasteiger charge is 2.20. The lowest BCUT2D eigenvalue weighted by Gasteiger charge is -2.29. The van der Waals surface area contributed by atoms with Crippen LogP contribution < -0.4 is 10.2 Å². The number of rotatable bonds is 2. The van der Waals surface area contributed by atoms with E-state index >= 15 is 0 Å². The number of amides is 1. The van der Waals surface area contributed by atoms with Crippen molar-refractivity contribution in [1.82, 2.24) is 10.3 Å². The SMILES string of the molecule is CC(C)(C)C(=O)N=Cc1cccnc1N1CCNCC1. The van der Waals surface area contributed by atoms with Gasteiger partial charge in [-0.3, -0.25) is 4.79 Å². The molecule has 0 radical (unpaired) electrons. The lowest BCUT2D eigenvalue weighted by Crippen LogP contribution is -2.44. The second-order valence-corrected chi connectivity index (χ2v) is 5.97. The zero-order chi connectivity index (χ0) is 14.6. The predicted molar refractivity (Wildman–Crippen MR) is 81.4 cm³/mol. The van der Waals surface area contributed by atoms with Gasteiger partial charge in [-0.25, -0.2) is 9.98 Å². The first-order chi connectivity index (χ1) is 9.48. The fourth-order valence-electron chi connectivity index (χ4n) is 1.97. The van der Waals surface area contributed by atoms with Crippen molar-refractivity contribution >= 4 is 17.9 Å². The Bertz CT molecular complexity index is 499. The summed E-state index contributed by atoms with van der Waals surface area (Å²) in [6.07, 6.45) is 3.41. The number of pyridine rings is 1. The number of nitrogens with zero attached hydrogens (tertiary/aromatic N) is 3. The summed E-state index contributed by atoms with van der Waals surface area (Å²) in [5.41, 5.74) is 0.445. The van der Waals surface area contributed by atoms with Crippen molar-refractivity contribution in [2.45, 2.75) is 20.8 Å². The van der Waals surface area contributed by atoms with Gasteiger partial charge in [0.2, 0.25) is 0 Å². The molecule has 0 bridgehead atoms. The summed E-state index contributed by atoms with van der Waals surface area (Å²) in [4.78, 5) is 22.6. The third-order valence-corrected chi connectivity index (χ3v) is 3.20. The number of hydrogen-bond acceptors (Lipinski definition) is 4. The average Bonchev–Trinajstić information content (AvgIpc) is 2.45. The maximum atomic E-state index is 11.9. The molecule has 1 aromatic heterocycles. The highest BCUT2D eigenvalue weighted by Crippen LogP contribution is 2.18. The van der Waals surface area contributed by atoms with Crippen molar-refractivity contribution in [2.24, 2.45) is 10.4 Å². The van der Waals surface area contributed by atoms with Gasteiger partial charge < -0.3 is 10.2 Å². The zero-order valence-corrected chi connectivity index (χ0v) is 12.4. The maximum Gasteiger partial charge on any atom is 0.251 e. The molecule has 0 spiro atoms. The normalized spacial score (nSPS) is 16.6. The Balaban J connectivity index is 2.19. The van der Waals surface area contributed by atoms with Gasteiger partial charge in [0.25, 0.3) is 5.91 Å². The number of anilines is 1. The van der Waals surface area contributed by atoms with E-state index in [1.54, 1.807) is 12.4 Å². The Hall–Kier alpha value is -1.75. The molecule has 0 atom stereocenters. The third kappa shape index (κ3) is 3.63. The minimum atomic E-state index is -0.450. The molecule has 108 valence electrons. The van der Waals surface area contributed by atoms with Gasteiger partial charge in [-0.15, -0.1) is 0 Å². The summed E-state index contributed by atoms with van der Waals surface area (Å²) in [5, 5.41) is 3.32. The van der Waals surface area contributed by atoms with Gasteiger partial charge in [0.15, 0.2) is 0 Å². The van der Waals surface area contributed by atoms with Gasteiger partial charge in [0.1, 0.15) is 5.82 Å². The van der Waals surface area contributed by atoms with Crippen molar-refractivity contribution < 1.29 is 4.79 Å². The molecule has 1 aromatic rings. The van der Waals surface area contributed by atoms with E-state index in [4.69, 9.17) is 0 Å². The zero-order valence-electron chi connectivity index (χ0n) is 12.4. The fourth-order valence-corrected chi connectivity index (χ4v) is 1.97. The third-order valence-electron chi connectivity index (χ3n) is 3.20.